The second-order valence-electron chi connectivity index (χ2n) is 6.44. The molecule has 132 valence electrons. The van der Waals surface area contributed by atoms with Crippen molar-refractivity contribution < 1.29 is 4.79 Å². The van der Waals surface area contributed by atoms with E-state index < -0.39 is 0 Å². The van der Waals surface area contributed by atoms with Gasteiger partial charge in [-0.3, -0.25) is 9.88 Å². The monoisotopic (exact) mass is 339 g/mol. The van der Waals surface area contributed by atoms with Crippen molar-refractivity contribution in [3.63, 3.8) is 0 Å². The fraction of sp³-hybridized carbons (Fsp3) is 0.368. The fourth-order valence-corrected chi connectivity index (χ4v) is 2.82. The molecule has 0 aliphatic carbocycles. The van der Waals surface area contributed by atoms with E-state index in [-0.39, 0.29) is 6.03 Å². The van der Waals surface area contributed by atoms with Gasteiger partial charge in [-0.1, -0.05) is 24.3 Å². The van der Waals surface area contributed by atoms with Crippen molar-refractivity contribution in [1.29, 1.82) is 0 Å². The number of hydrogen-bond acceptors (Lipinski definition) is 4. The number of likely N-dealkylation sites (N-methyl/N-ethyl adjacent to an activating group) is 1. The van der Waals surface area contributed by atoms with Crippen molar-refractivity contribution in [1.82, 2.24) is 20.1 Å². The summed E-state index contributed by atoms with van der Waals surface area (Å²) in [5.41, 5.74) is 3.14. The second-order valence-corrected chi connectivity index (χ2v) is 6.44. The Morgan fingerprint density at radius 3 is 2.32 bits per heavy atom. The van der Waals surface area contributed by atoms with Gasteiger partial charge in [0.1, 0.15) is 0 Å². The standard InChI is InChI=1S/C19H25N5O/c1-23-10-12-24(13-11-23)15-17-4-2-16(3-5-17)14-21-19(25)22-18-6-8-20-9-7-18/h2-9H,10-15H2,1H3,(H2,20,21,22,25). The van der Waals surface area contributed by atoms with Gasteiger partial charge in [0.2, 0.25) is 0 Å². The van der Waals surface area contributed by atoms with Gasteiger partial charge in [-0.05, 0) is 30.3 Å². The number of urea groups is 1. The van der Waals surface area contributed by atoms with E-state index in [1.54, 1.807) is 24.5 Å². The maximum absolute atomic E-state index is 11.9. The molecule has 0 unspecified atom stereocenters. The lowest BCUT2D eigenvalue weighted by atomic mass is 10.1. The third kappa shape index (κ3) is 5.55. The van der Waals surface area contributed by atoms with E-state index in [0.29, 0.717) is 6.54 Å². The summed E-state index contributed by atoms with van der Waals surface area (Å²) in [5, 5.41) is 5.65. The van der Waals surface area contributed by atoms with Gasteiger partial charge in [0.05, 0.1) is 0 Å². The molecule has 1 aliphatic heterocycles. The molecule has 1 aliphatic rings. The van der Waals surface area contributed by atoms with Crippen molar-refractivity contribution in [3.8, 4) is 0 Å². The molecule has 2 amide bonds. The maximum atomic E-state index is 11.9. The summed E-state index contributed by atoms with van der Waals surface area (Å²) in [6.45, 7) is 6.00. The molecule has 0 spiro atoms. The van der Waals surface area contributed by atoms with Crippen LogP contribution >= 0.6 is 0 Å². The Balaban J connectivity index is 1.43. The lowest BCUT2D eigenvalue weighted by Crippen LogP contribution is -2.43. The quantitative estimate of drug-likeness (QED) is 0.876. The smallest absolute Gasteiger partial charge is 0.319 e. The highest BCUT2D eigenvalue weighted by molar-refractivity contribution is 5.88. The molecule has 25 heavy (non-hydrogen) atoms. The van der Waals surface area contributed by atoms with Crippen molar-refractivity contribution in [2.45, 2.75) is 13.1 Å². The van der Waals surface area contributed by atoms with Crippen LogP contribution in [0.2, 0.25) is 0 Å². The van der Waals surface area contributed by atoms with Crippen LogP contribution in [-0.2, 0) is 13.1 Å². The van der Waals surface area contributed by atoms with Crippen LogP contribution in [0.15, 0.2) is 48.8 Å². The second kappa shape index (κ2) is 8.60. The van der Waals surface area contributed by atoms with Gasteiger partial charge in [-0.15, -0.1) is 0 Å². The predicted molar refractivity (Wildman–Crippen MR) is 99.3 cm³/mol. The number of rotatable bonds is 5. The van der Waals surface area contributed by atoms with Crippen LogP contribution in [0.4, 0.5) is 10.5 Å². The van der Waals surface area contributed by atoms with Gasteiger partial charge >= 0.3 is 6.03 Å². The lowest BCUT2D eigenvalue weighted by molar-refractivity contribution is 0.148. The number of benzene rings is 1. The minimum atomic E-state index is -0.215. The molecule has 6 heteroatoms. The Bertz CT molecular complexity index is 666. The number of carbonyl (C=O) groups is 1. The number of hydrogen-bond donors (Lipinski definition) is 2. The van der Waals surface area contributed by atoms with E-state index in [2.05, 4.69) is 56.7 Å². The lowest BCUT2D eigenvalue weighted by Gasteiger charge is -2.32. The fourth-order valence-electron chi connectivity index (χ4n) is 2.82. The number of amides is 2. The SMILES string of the molecule is CN1CCN(Cc2ccc(CNC(=O)Nc3ccncc3)cc2)CC1. The van der Waals surface area contributed by atoms with Crippen LogP contribution < -0.4 is 10.6 Å². The summed E-state index contributed by atoms with van der Waals surface area (Å²) in [6.07, 6.45) is 3.30. The van der Waals surface area contributed by atoms with Gasteiger partial charge in [0.15, 0.2) is 0 Å². The summed E-state index contributed by atoms with van der Waals surface area (Å²) in [4.78, 5) is 20.7. The molecule has 3 rings (SSSR count). The minimum absolute atomic E-state index is 0.215. The average Bonchev–Trinajstić information content (AvgIpc) is 2.64. The van der Waals surface area contributed by atoms with Crippen LogP contribution in [0, 0.1) is 0 Å². The molecule has 2 aromatic rings. The summed E-state index contributed by atoms with van der Waals surface area (Å²) < 4.78 is 0. The summed E-state index contributed by atoms with van der Waals surface area (Å²) in [5.74, 6) is 0. The van der Waals surface area contributed by atoms with Crippen molar-refractivity contribution >= 4 is 11.7 Å². The molecule has 2 heterocycles. The molecule has 1 aromatic heterocycles. The predicted octanol–water partition coefficient (Wildman–Crippen LogP) is 2.15. The number of nitrogens with one attached hydrogen (secondary N) is 2. The Hall–Kier alpha value is -2.44. The number of nitrogens with zero attached hydrogens (tertiary/aromatic N) is 3. The molecular formula is C19H25N5O. The highest BCUT2D eigenvalue weighted by Gasteiger charge is 2.13. The molecular weight excluding hydrogens is 314 g/mol. The maximum Gasteiger partial charge on any atom is 0.319 e. The van der Waals surface area contributed by atoms with Crippen molar-refractivity contribution in [2.24, 2.45) is 0 Å². The number of piperazine rings is 1. The zero-order chi connectivity index (χ0) is 17.5. The molecule has 0 saturated carbocycles. The molecule has 1 fully saturated rings. The van der Waals surface area contributed by atoms with Crippen LogP contribution in [0.5, 0.6) is 0 Å². The van der Waals surface area contributed by atoms with Gasteiger partial charge in [-0.25, -0.2) is 4.79 Å². The molecule has 1 saturated heterocycles. The van der Waals surface area contributed by atoms with Gasteiger partial charge in [-0.2, -0.15) is 0 Å². The first-order valence-electron chi connectivity index (χ1n) is 8.62. The van der Waals surface area contributed by atoms with Crippen molar-refractivity contribution in [3.05, 3.63) is 59.9 Å². The van der Waals surface area contributed by atoms with Crippen LogP contribution in [-0.4, -0.2) is 54.0 Å². The zero-order valence-corrected chi connectivity index (χ0v) is 14.6. The van der Waals surface area contributed by atoms with Gasteiger partial charge in [0.25, 0.3) is 0 Å². The average molecular weight is 339 g/mol. The number of aromatic nitrogens is 1. The van der Waals surface area contributed by atoms with E-state index in [1.807, 2.05) is 0 Å². The topological polar surface area (TPSA) is 60.5 Å². The summed E-state index contributed by atoms with van der Waals surface area (Å²) >= 11 is 0. The number of pyridine rings is 1. The number of anilines is 1. The van der Waals surface area contributed by atoms with Crippen LogP contribution in [0.1, 0.15) is 11.1 Å². The van der Waals surface area contributed by atoms with Crippen LogP contribution in [0.3, 0.4) is 0 Å². The molecule has 0 atom stereocenters. The largest absolute Gasteiger partial charge is 0.334 e. The van der Waals surface area contributed by atoms with Crippen LogP contribution in [0.25, 0.3) is 0 Å². The van der Waals surface area contributed by atoms with Gasteiger partial charge in [0, 0.05) is 57.3 Å². The Morgan fingerprint density at radius 2 is 1.64 bits per heavy atom. The Labute approximate surface area is 148 Å². The number of carbonyl (C=O) groups excluding carboxylic acids is 1. The first-order chi connectivity index (χ1) is 12.2. The van der Waals surface area contributed by atoms with E-state index >= 15 is 0 Å². The molecule has 1 aromatic carbocycles. The molecule has 0 radical (unpaired) electrons. The van der Waals surface area contributed by atoms with E-state index in [4.69, 9.17) is 0 Å². The highest BCUT2D eigenvalue weighted by Crippen LogP contribution is 2.10. The zero-order valence-electron chi connectivity index (χ0n) is 14.6. The van der Waals surface area contributed by atoms with E-state index in [1.165, 1.54) is 5.56 Å². The third-order valence-corrected chi connectivity index (χ3v) is 4.42. The Kier molecular flexibility index (Phi) is 5.98. The normalized spacial score (nSPS) is 15.7. The minimum Gasteiger partial charge on any atom is -0.334 e. The first kappa shape index (κ1) is 17.4. The molecule has 2 N–H and O–H groups in total. The summed E-state index contributed by atoms with van der Waals surface area (Å²) in [6, 6.07) is 11.8. The Morgan fingerprint density at radius 1 is 1.00 bits per heavy atom. The highest BCUT2D eigenvalue weighted by atomic mass is 16.2. The molecule has 6 nitrogen and oxygen atoms in total. The van der Waals surface area contributed by atoms with Gasteiger partial charge < -0.3 is 15.5 Å². The van der Waals surface area contributed by atoms with E-state index in [0.717, 1.165) is 44.0 Å². The van der Waals surface area contributed by atoms with Crippen molar-refractivity contribution in [2.75, 3.05) is 38.5 Å². The first-order valence-corrected chi connectivity index (χ1v) is 8.62. The molecule has 0 bridgehead atoms. The van der Waals surface area contributed by atoms with E-state index in [9.17, 15) is 4.79 Å². The third-order valence-electron chi connectivity index (χ3n) is 4.42. The summed E-state index contributed by atoms with van der Waals surface area (Å²) in [7, 11) is 2.17.